The molecule has 1 aromatic carbocycles. The third kappa shape index (κ3) is 4.36. The first kappa shape index (κ1) is 13.4. The van der Waals surface area contributed by atoms with Gasteiger partial charge in [0.25, 0.3) is 0 Å². The average Bonchev–Trinajstić information content (AvgIpc) is 2.36. The zero-order valence-corrected chi connectivity index (χ0v) is 10.6. The van der Waals surface area contributed by atoms with E-state index in [0.717, 1.165) is 11.3 Å². The van der Waals surface area contributed by atoms with Crippen molar-refractivity contribution in [3.05, 3.63) is 29.8 Å². The molecule has 0 aromatic heterocycles. The summed E-state index contributed by atoms with van der Waals surface area (Å²) in [6, 6.07) is 7.00. The highest BCUT2D eigenvalue weighted by atomic mass is 32.2. The monoisotopic (exact) mass is 253 g/mol. The van der Waals surface area contributed by atoms with Crippen molar-refractivity contribution < 1.29 is 9.53 Å². The van der Waals surface area contributed by atoms with E-state index in [1.54, 1.807) is 13.4 Å². The number of amides is 2. The van der Waals surface area contributed by atoms with Crippen molar-refractivity contribution >= 4 is 23.0 Å². The number of amidine groups is 1. The summed E-state index contributed by atoms with van der Waals surface area (Å²) in [6.45, 7) is 0.355. The highest BCUT2D eigenvalue weighted by Crippen LogP contribution is 2.16. The molecule has 0 radical (unpaired) electrons. The molecule has 6 heteroatoms. The Kier molecular flexibility index (Phi) is 5.35. The van der Waals surface area contributed by atoms with Crippen LogP contribution in [0, 0.1) is 0 Å². The number of para-hydroxylation sites is 1. The van der Waals surface area contributed by atoms with E-state index in [9.17, 15) is 4.79 Å². The van der Waals surface area contributed by atoms with Gasteiger partial charge in [-0.15, -0.1) is 0 Å². The van der Waals surface area contributed by atoms with Gasteiger partial charge in [-0.25, -0.2) is 4.79 Å². The zero-order valence-electron chi connectivity index (χ0n) is 9.77. The average molecular weight is 253 g/mol. The Hall–Kier alpha value is -1.69. The molecule has 1 aromatic rings. The van der Waals surface area contributed by atoms with Crippen molar-refractivity contribution in [1.82, 2.24) is 5.32 Å². The van der Waals surface area contributed by atoms with Crippen molar-refractivity contribution in [2.24, 2.45) is 10.7 Å². The number of methoxy groups -OCH3 is 1. The molecule has 0 saturated heterocycles. The van der Waals surface area contributed by atoms with Crippen LogP contribution < -0.4 is 15.8 Å². The van der Waals surface area contributed by atoms with E-state index in [1.165, 1.54) is 11.8 Å². The quantitative estimate of drug-likeness (QED) is 0.633. The highest BCUT2D eigenvalue weighted by Gasteiger charge is 2.04. The van der Waals surface area contributed by atoms with Crippen LogP contribution in [0.15, 0.2) is 29.3 Å². The molecule has 0 fully saturated rings. The lowest BCUT2D eigenvalue weighted by atomic mass is 10.2. The molecule has 0 bridgehead atoms. The Balaban J connectivity index is 2.59. The van der Waals surface area contributed by atoms with E-state index in [-0.39, 0.29) is 5.17 Å². The minimum Gasteiger partial charge on any atom is -0.496 e. The normalized spacial score (nSPS) is 11.1. The number of hydrogen-bond donors (Lipinski definition) is 2. The van der Waals surface area contributed by atoms with Crippen molar-refractivity contribution in [3.63, 3.8) is 0 Å². The van der Waals surface area contributed by atoms with Gasteiger partial charge in [-0.1, -0.05) is 30.0 Å². The predicted molar refractivity (Wildman–Crippen MR) is 70.4 cm³/mol. The van der Waals surface area contributed by atoms with E-state index < -0.39 is 6.03 Å². The third-order valence-electron chi connectivity index (χ3n) is 2.04. The second-order valence-corrected chi connectivity index (χ2v) is 3.95. The minimum atomic E-state index is -0.456. The molecule has 92 valence electrons. The van der Waals surface area contributed by atoms with Crippen LogP contribution in [0.1, 0.15) is 5.56 Å². The van der Waals surface area contributed by atoms with Crippen molar-refractivity contribution in [1.29, 1.82) is 0 Å². The highest BCUT2D eigenvalue weighted by molar-refractivity contribution is 8.13. The van der Waals surface area contributed by atoms with E-state index in [0.29, 0.717) is 6.54 Å². The molecular formula is C11H15N3O2S. The predicted octanol–water partition coefficient (Wildman–Crippen LogP) is 1.58. The Bertz CT molecular complexity index is 421. The van der Waals surface area contributed by atoms with E-state index in [1.807, 2.05) is 24.3 Å². The Labute approximate surface area is 104 Å². The van der Waals surface area contributed by atoms with Gasteiger partial charge >= 0.3 is 6.03 Å². The number of rotatable bonds is 3. The van der Waals surface area contributed by atoms with Crippen LogP contribution in [0.2, 0.25) is 0 Å². The number of nitrogens with one attached hydrogen (secondary N) is 1. The summed E-state index contributed by atoms with van der Waals surface area (Å²) in [6.07, 6.45) is 1.76. The van der Waals surface area contributed by atoms with E-state index in [4.69, 9.17) is 10.5 Å². The van der Waals surface area contributed by atoms with Gasteiger partial charge in [0.1, 0.15) is 5.75 Å². The molecule has 0 aliphatic rings. The number of urea groups is 1. The maximum atomic E-state index is 11.4. The zero-order chi connectivity index (χ0) is 12.7. The molecule has 0 aliphatic heterocycles. The SMILES string of the molecule is COc1ccccc1CNC(=O)/N=C(/N)SC. The standard InChI is InChI=1S/C11H15N3O2S/c1-16-9-6-4-3-5-8(9)7-13-11(15)14-10(12)17-2/h3-6H,7H2,1-2H3,(H3,12,13,14,15). The minimum absolute atomic E-state index is 0.238. The van der Waals surface area contributed by atoms with Gasteiger partial charge in [-0.3, -0.25) is 0 Å². The van der Waals surface area contributed by atoms with Gasteiger partial charge in [-0.05, 0) is 12.3 Å². The van der Waals surface area contributed by atoms with Crippen LogP contribution in [0.25, 0.3) is 0 Å². The number of ether oxygens (including phenoxy) is 1. The largest absolute Gasteiger partial charge is 0.496 e. The summed E-state index contributed by atoms with van der Waals surface area (Å²) < 4.78 is 5.16. The summed E-state index contributed by atoms with van der Waals surface area (Å²) in [7, 11) is 1.59. The van der Waals surface area contributed by atoms with Crippen LogP contribution >= 0.6 is 11.8 Å². The van der Waals surface area contributed by atoms with Crippen molar-refractivity contribution in [2.75, 3.05) is 13.4 Å². The Morgan fingerprint density at radius 2 is 2.24 bits per heavy atom. The molecule has 0 saturated carbocycles. The first-order chi connectivity index (χ1) is 8.17. The Morgan fingerprint density at radius 3 is 2.88 bits per heavy atom. The second-order valence-electron chi connectivity index (χ2n) is 3.12. The number of benzene rings is 1. The number of hydrogen-bond acceptors (Lipinski definition) is 3. The van der Waals surface area contributed by atoms with Gasteiger partial charge in [0.15, 0.2) is 5.17 Å². The number of thioether (sulfide) groups is 1. The molecule has 17 heavy (non-hydrogen) atoms. The van der Waals surface area contributed by atoms with Crippen molar-refractivity contribution in [2.45, 2.75) is 6.54 Å². The lowest BCUT2D eigenvalue weighted by Crippen LogP contribution is -2.22. The summed E-state index contributed by atoms with van der Waals surface area (Å²) in [4.78, 5) is 15.0. The molecule has 0 aliphatic carbocycles. The smallest absolute Gasteiger partial charge is 0.343 e. The molecule has 1 rings (SSSR count). The van der Waals surface area contributed by atoms with Gasteiger partial charge < -0.3 is 15.8 Å². The summed E-state index contributed by atoms with van der Waals surface area (Å²) >= 11 is 1.22. The molecular weight excluding hydrogens is 238 g/mol. The number of nitrogens with zero attached hydrogens (tertiary/aromatic N) is 1. The fourth-order valence-electron chi connectivity index (χ4n) is 1.21. The van der Waals surface area contributed by atoms with Gasteiger partial charge in [-0.2, -0.15) is 4.99 Å². The Morgan fingerprint density at radius 1 is 1.53 bits per heavy atom. The topological polar surface area (TPSA) is 76.7 Å². The number of aliphatic imine (C=N–C) groups is 1. The summed E-state index contributed by atoms with van der Waals surface area (Å²) in [5, 5.41) is 2.88. The number of carbonyl (C=O) groups is 1. The molecule has 0 unspecified atom stereocenters. The van der Waals surface area contributed by atoms with Gasteiger partial charge in [0.05, 0.1) is 7.11 Å². The van der Waals surface area contributed by atoms with Crippen LogP contribution in [-0.4, -0.2) is 24.6 Å². The van der Waals surface area contributed by atoms with Gasteiger partial charge in [0.2, 0.25) is 0 Å². The van der Waals surface area contributed by atoms with Crippen molar-refractivity contribution in [3.8, 4) is 5.75 Å². The van der Waals surface area contributed by atoms with Crippen LogP contribution in [0.5, 0.6) is 5.75 Å². The maximum Gasteiger partial charge on any atom is 0.343 e. The molecule has 5 nitrogen and oxygen atoms in total. The summed E-state index contributed by atoms with van der Waals surface area (Å²) in [5.41, 5.74) is 6.32. The van der Waals surface area contributed by atoms with Crippen LogP contribution in [0.4, 0.5) is 4.79 Å². The van der Waals surface area contributed by atoms with Crippen LogP contribution in [-0.2, 0) is 6.54 Å². The summed E-state index contributed by atoms with van der Waals surface area (Å²) in [5.74, 6) is 0.731. The fourth-order valence-corrected chi connectivity index (χ4v) is 1.38. The molecule has 0 atom stereocenters. The first-order valence-corrected chi connectivity index (χ1v) is 6.17. The molecule has 0 heterocycles. The van der Waals surface area contributed by atoms with Gasteiger partial charge in [0, 0.05) is 12.1 Å². The second kappa shape index (κ2) is 6.80. The third-order valence-corrected chi connectivity index (χ3v) is 2.55. The first-order valence-electron chi connectivity index (χ1n) is 4.95. The number of nitrogens with two attached hydrogens (primary N) is 1. The molecule has 2 amide bonds. The van der Waals surface area contributed by atoms with Crippen LogP contribution in [0.3, 0.4) is 0 Å². The fraction of sp³-hybridized carbons (Fsp3) is 0.273. The van der Waals surface area contributed by atoms with E-state index in [2.05, 4.69) is 10.3 Å². The molecule has 0 spiro atoms. The van der Waals surface area contributed by atoms with E-state index >= 15 is 0 Å². The maximum absolute atomic E-state index is 11.4. The lowest BCUT2D eigenvalue weighted by Gasteiger charge is -2.07. The lowest BCUT2D eigenvalue weighted by molar-refractivity contribution is 0.249. The number of carbonyl (C=O) groups excluding carboxylic acids is 1. The molecule has 3 N–H and O–H groups in total.